The van der Waals surface area contributed by atoms with Crippen molar-refractivity contribution in [3.8, 4) is 17.0 Å². The topological polar surface area (TPSA) is 99.2 Å². The zero-order valence-corrected chi connectivity index (χ0v) is 16.7. The maximum absolute atomic E-state index is 13.2. The maximum atomic E-state index is 13.2. The van der Waals surface area contributed by atoms with Gasteiger partial charge in [-0.1, -0.05) is 23.4 Å². The first-order chi connectivity index (χ1) is 15.1. The lowest BCUT2D eigenvalue weighted by molar-refractivity contribution is -0.121. The third-order valence-corrected chi connectivity index (χ3v) is 4.83. The molecule has 0 saturated carbocycles. The highest BCUT2D eigenvalue weighted by Crippen LogP contribution is 2.24. The summed E-state index contributed by atoms with van der Waals surface area (Å²) in [6, 6.07) is 13.0. The zero-order chi connectivity index (χ0) is 21.8. The Bertz CT molecular complexity index is 1280. The zero-order valence-electron chi connectivity index (χ0n) is 16.7. The van der Waals surface area contributed by atoms with Crippen LogP contribution in [0.25, 0.3) is 22.4 Å². The summed E-state index contributed by atoms with van der Waals surface area (Å²) >= 11 is 0. The van der Waals surface area contributed by atoms with Gasteiger partial charge in [-0.05, 0) is 30.3 Å². The molecule has 0 aliphatic carbocycles. The number of methoxy groups -OCH3 is 1. The van der Waals surface area contributed by atoms with Crippen LogP contribution < -0.4 is 15.6 Å². The Morgan fingerprint density at radius 2 is 1.97 bits per heavy atom. The Labute approximate surface area is 176 Å². The molecule has 0 spiro atoms. The average Bonchev–Trinajstić information content (AvgIpc) is 3.23. The fourth-order valence-electron chi connectivity index (χ4n) is 3.20. The van der Waals surface area contributed by atoms with Gasteiger partial charge in [-0.15, -0.1) is 0 Å². The van der Waals surface area contributed by atoms with Crippen molar-refractivity contribution in [3.63, 3.8) is 0 Å². The van der Waals surface area contributed by atoms with Gasteiger partial charge in [0.2, 0.25) is 5.91 Å². The number of rotatable bonds is 7. The molecule has 4 aromatic rings. The van der Waals surface area contributed by atoms with Crippen molar-refractivity contribution < 1.29 is 18.4 Å². The minimum atomic E-state index is -0.397. The number of aromatic nitrogens is 3. The Balaban J connectivity index is 1.48. The third kappa shape index (κ3) is 4.30. The minimum Gasteiger partial charge on any atom is -0.496 e. The fourth-order valence-corrected chi connectivity index (χ4v) is 3.20. The van der Waals surface area contributed by atoms with Crippen molar-refractivity contribution >= 4 is 17.0 Å². The number of benzene rings is 2. The van der Waals surface area contributed by atoms with Crippen LogP contribution in [0.4, 0.5) is 4.39 Å². The Kier molecular flexibility index (Phi) is 5.74. The standard InChI is InChI=1S/C22H19FN4O4/c1-30-17-5-3-2-4-15(17)12-24-18(28)10-11-27-13-25-21-19(22(27)29)20(26-31-21)14-6-8-16(23)9-7-14/h2-9,13H,10-12H2,1H3,(H,24,28). The molecule has 0 saturated heterocycles. The second kappa shape index (κ2) is 8.78. The largest absolute Gasteiger partial charge is 0.496 e. The van der Waals surface area contributed by atoms with Crippen LogP contribution in [0.2, 0.25) is 0 Å². The number of hydrogen-bond donors (Lipinski definition) is 1. The van der Waals surface area contributed by atoms with Crippen molar-refractivity contribution in [1.29, 1.82) is 0 Å². The number of amides is 1. The van der Waals surface area contributed by atoms with Crippen molar-refractivity contribution in [1.82, 2.24) is 20.0 Å². The highest BCUT2D eigenvalue weighted by molar-refractivity contribution is 5.88. The van der Waals surface area contributed by atoms with E-state index in [2.05, 4.69) is 15.5 Å². The molecule has 0 unspecified atom stereocenters. The predicted octanol–water partition coefficient (Wildman–Crippen LogP) is 2.91. The molecule has 31 heavy (non-hydrogen) atoms. The molecular weight excluding hydrogens is 403 g/mol. The summed E-state index contributed by atoms with van der Waals surface area (Å²) < 4.78 is 25.0. The van der Waals surface area contributed by atoms with Gasteiger partial charge in [0.15, 0.2) is 0 Å². The quantitative estimate of drug-likeness (QED) is 0.492. The molecule has 4 rings (SSSR count). The SMILES string of the molecule is COc1ccccc1CNC(=O)CCn1cnc2onc(-c3ccc(F)cc3)c2c1=O. The molecule has 0 bridgehead atoms. The summed E-state index contributed by atoms with van der Waals surface area (Å²) in [5.74, 6) is 0.0719. The van der Waals surface area contributed by atoms with Gasteiger partial charge < -0.3 is 14.6 Å². The number of fused-ring (bicyclic) bond motifs is 1. The van der Waals surface area contributed by atoms with Crippen molar-refractivity contribution in [3.05, 3.63) is 76.6 Å². The molecule has 0 atom stereocenters. The Morgan fingerprint density at radius 1 is 1.19 bits per heavy atom. The monoisotopic (exact) mass is 422 g/mol. The normalized spacial score (nSPS) is 10.9. The van der Waals surface area contributed by atoms with Gasteiger partial charge in [0, 0.05) is 30.6 Å². The minimum absolute atomic E-state index is 0.0827. The summed E-state index contributed by atoms with van der Waals surface area (Å²) in [6.45, 7) is 0.447. The molecular formula is C22H19FN4O4. The van der Waals surface area contributed by atoms with E-state index in [9.17, 15) is 14.0 Å². The molecule has 1 N–H and O–H groups in total. The number of carbonyl (C=O) groups is 1. The molecule has 2 aromatic heterocycles. The molecule has 9 heteroatoms. The number of para-hydroxylation sites is 1. The summed E-state index contributed by atoms with van der Waals surface area (Å²) in [4.78, 5) is 29.3. The molecule has 0 fully saturated rings. The van der Waals surface area contributed by atoms with Crippen LogP contribution in [0.15, 0.2) is 64.2 Å². The number of nitrogens with one attached hydrogen (secondary N) is 1. The van der Waals surface area contributed by atoms with Crippen LogP contribution in [0.5, 0.6) is 5.75 Å². The van der Waals surface area contributed by atoms with Gasteiger partial charge in [-0.3, -0.25) is 14.2 Å². The number of aryl methyl sites for hydroxylation is 1. The molecule has 0 aliphatic rings. The molecule has 0 radical (unpaired) electrons. The van der Waals surface area contributed by atoms with Crippen LogP contribution in [-0.4, -0.2) is 27.7 Å². The first-order valence-corrected chi connectivity index (χ1v) is 9.56. The van der Waals surface area contributed by atoms with Gasteiger partial charge in [0.05, 0.1) is 7.11 Å². The van der Waals surface area contributed by atoms with Crippen LogP contribution in [0.3, 0.4) is 0 Å². The van der Waals surface area contributed by atoms with Crippen molar-refractivity contribution in [2.24, 2.45) is 0 Å². The van der Waals surface area contributed by atoms with E-state index in [1.54, 1.807) is 7.11 Å². The van der Waals surface area contributed by atoms with Crippen LogP contribution in [0.1, 0.15) is 12.0 Å². The van der Waals surface area contributed by atoms with Gasteiger partial charge in [-0.2, -0.15) is 0 Å². The predicted molar refractivity (Wildman–Crippen MR) is 111 cm³/mol. The van der Waals surface area contributed by atoms with Crippen molar-refractivity contribution in [2.75, 3.05) is 7.11 Å². The second-order valence-electron chi connectivity index (χ2n) is 6.80. The lowest BCUT2D eigenvalue weighted by Crippen LogP contribution is -2.27. The van der Waals surface area contributed by atoms with Crippen LogP contribution in [0, 0.1) is 5.82 Å². The van der Waals surface area contributed by atoms with Gasteiger partial charge in [-0.25, -0.2) is 9.37 Å². The van der Waals surface area contributed by atoms with E-state index >= 15 is 0 Å². The summed E-state index contributed by atoms with van der Waals surface area (Å²) in [5.41, 5.74) is 1.37. The maximum Gasteiger partial charge on any atom is 0.266 e. The molecule has 2 aromatic carbocycles. The van der Waals surface area contributed by atoms with Crippen molar-refractivity contribution in [2.45, 2.75) is 19.5 Å². The Morgan fingerprint density at radius 3 is 2.74 bits per heavy atom. The van der Waals surface area contributed by atoms with E-state index in [4.69, 9.17) is 9.26 Å². The van der Waals surface area contributed by atoms with Gasteiger partial charge >= 0.3 is 0 Å². The van der Waals surface area contributed by atoms with E-state index in [1.165, 1.54) is 35.2 Å². The summed E-state index contributed by atoms with van der Waals surface area (Å²) in [6.07, 6.45) is 1.40. The smallest absolute Gasteiger partial charge is 0.266 e. The number of hydrogen-bond acceptors (Lipinski definition) is 6. The number of carbonyl (C=O) groups excluding carboxylic acids is 1. The Hall–Kier alpha value is -4.01. The molecule has 2 heterocycles. The van der Waals surface area contributed by atoms with Gasteiger partial charge in [0.25, 0.3) is 11.3 Å². The van der Waals surface area contributed by atoms with Crippen LogP contribution >= 0.6 is 0 Å². The lowest BCUT2D eigenvalue weighted by atomic mass is 10.1. The third-order valence-electron chi connectivity index (χ3n) is 4.83. The summed E-state index contributed by atoms with van der Waals surface area (Å²) in [7, 11) is 1.57. The first kappa shape index (κ1) is 20.3. The van der Waals surface area contributed by atoms with Crippen LogP contribution in [-0.2, 0) is 17.9 Å². The molecule has 158 valence electrons. The van der Waals surface area contributed by atoms with E-state index in [0.717, 1.165) is 5.56 Å². The highest BCUT2D eigenvalue weighted by atomic mass is 19.1. The molecule has 0 aliphatic heterocycles. The van der Waals surface area contributed by atoms with E-state index in [0.29, 0.717) is 17.9 Å². The van der Waals surface area contributed by atoms with E-state index < -0.39 is 5.82 Å². The fraction of sp³-hybridized carbons (Fsp3) is 0.182. The second-order valence-corrected chi connectivity index (χ2v) is 6.80. The molecule has 1 amide bonds. The molecule has 8 nitrogen and oxygen atoms in total. The average molecular weight is 422 g/mol. The highest BCUT2D eigenvalue weighted by Gasteiger charge is 2.17. The number of nitrogens with zero attached hydrogens (tertiary/aromatic N) is 3. The first-order valence-electron chi connectivity index (χ1n) is 9.56. The number of ether oxygens (including phenoxy) is 1. The van der Waals surface area contributed by atoms with E-state index in [1.807, 2.05) is 24.3 Å². The summed E-state index contributed by atoms with van der Waals surface area (Å²) in [5, 5.41) is 6.91. The lowest BCUT2D eigenvalue weighted by Gasteiger charge is -2.10. The van der Waals surface area contributed by atoms with E-state index in [-0.39, 0.29) is 41.2 Å². The van der Waals surface area contributed by atoms with Gasteiger partial charge in [0.1, 0.15) is 29.0 Å². The number of halogens is 1.